The fourth-order valence-corrected chi connectivity index (χ4v) is 4.37. The van der Waals surface area contributed by atoms with Gasteiger partial charge in [-0.3, -0.25) is 9.80 Å². The van der Waals surface area contributed by atoms with E-state index in [0.717, 1.165) is 6.04 Å². The molecule has 2 saturated heterocycles. The van der Waals surface area contributed by atoms with Gasteiger partial charge in [0.05, 0.1) is 0 Å². The molecular formula is C18H28IN3. The maximum Gasteiger partial charge on any atom is 0.0323 e. The van der Waals surface area contributed by atoms with Crippen molar-refractivity contribution in [3.05, 3.63) is 33.4 Å². The van der Waals surface area contributed by atoms with Crippen LogP contribution in [0.2, 0.25) is 0 Å². The second-order valence-electron chi connectivity index (χ2n) is 6.79. The van der Waals surface area contributed by atoms with Crippen molar-refractivity contribution in [1.82, 2.24) is 15.1 Å². The molecule has 1 N–H and O–H groups in total. The second kappa shape index (κ2) is 7.60. The van der Waals surface area contributed by atoms with E-state index in [0.29, 0.717) is 12.1 Å². The summed E-state index contributed by atoms with van der Waals surface area (Å²) < 4.78 is 1.32. The molecule has 2 heterocycles. The fourth-order valence-electron chi connectivity index (χ4n) is 4.01. The van der Waals surface area contributed by atoms with Gasteiger partial charge in [0.2, 0.25) is 0 Å². The first-order chi connectivity index (χ1) is 10.6. The van der Waals surface area contributed by atoms with Gasteiger partial charge >= 0.3 is 0 Å². The van der Waals surface area contributed by atoms with E-state index in [1.807, 2.05) is 0 Å². The maximum absolute atomic E-state index is 3.48. The molecule has 0 aliphatic carbocycles. The van der Waals surface area contributed by atoms with Crippen molar-refractivity contribution < 1.29 is 0 Å². The molecule has 0 amide bonds. The van der Waals surface area contributed by atoms with Gasteiger partial charge in [-0.25, -0.2) is 0 Å². The third-order valence-electron chi connectivity index (χ3n) is 5.39. The Balaban J connectivity index is 1.61. The summed E-state index contributed by atoms with van der Waals surface area (Å²) in [6, 6.07) is 11.0. The Labute approximate surface area is 148 Å². The van der Waals surface area contributed by atoms with Crippen molar-refractivity contribution in [2.24, 2.45) is 0 Å². The summed E-state index contributed by atoms with van der Waals surface area (Å²) in [5, 5.41) is 3.48. The fraction of sp³-hybridized carbons (Fsp3) is 0.667. The monoisotopic (exact) mass is 413 g/mol. The Morgan fingerprint density at radius 3 is 2.45 bits per heavy atom. The summed E-state index contributed by atoms with van der Waals surface area (Å²) >= 11 is 2.38. The van der Waals surface area contributed by atoms with E-state index in [1.165, 1.54) is 54.7 Å². The highest BCUT2D eigenvalue weighted by atomic mass is 127. The van der Waals surface area contributed by atoms with Gasteiger partial charge in [0.15, 0.2) is 0 Å². The standard InChI is InChI=1S/C18H28IN3/c1-14-13-21(18-7-9-20-10-8-18)11-12-22(14)15(2)16-3-5-17(19)6-4-16/h3-6,14-15,18,20H,7-13H2,1-2H3/t14-,15-/m0/s1. The van der Waals surface area contributed by atoms with Crippen molar-refractivity contribution in [3.8, 4) is 0 Å². The van der Waals surface area contributed by atoms with Gasteiger partial charge in [0.1, 0.15) is 0 Å². The van der Waals surface area contributed by atoms with Gasteiger partial charge < -0.3 is 5.32 Å². The molecule has 1 aromatic rings. The van der Waals surface area contributed by atoms with Crippen LogP contribution in [0.4, 0.5) is 0 Å². The van der Waals surface area contributed by atoms with Crippen LogP contribution in [-0.2, 0) is 0 Å². The molecule has 2 fully saturated rings. The summed E-state index contributed by atoms with van der Waals surface area (Å²) in [4.78, 5) is 5.42. The molecule has 0 unspecified atom stereocenters. The number of hydrogen-bond acceptors (Lipinski definition) is 3. The molecule has 0 aromatic heterocycles. The number of nitrogens with zero attached hydrogens (tertiary/aromatic N) is 2. The lowest BCUT2D eigenvalue weighted by Crippen LogP contribution is -2.56. The molecule has 122 valence electrons. The summed E-state index contributed by atoms with van der Waals surface area (Å²) in [5.41, 5.74) is 1.45. The van der Waals surface area contributed by atoms with E-state index >= 15 is 0 Å². The average Bonchev–Trinajstić information content (AvgIpc) is 2.56. The first-order valence-electron chi connectivity index (χ1n) is 8.61. The Hall–Kier alpha value is -0.170. The van der Waals surface area contributed by atoms with Gasteiger partial charge in [-0.1, -0.05) is 12.1 Å². The van der Waals surface area contributed by atoms with Crippen LogP contribution in [-0.4, -0.2) is 54.6 Å². The number of benzene rings is 1. The van der Waals surface area contributed by atoms with Gasteiger partial charge in [-0.05, 0) is 80.1 Å². The quantitative estimate of drug-likeness (QED) is 0.769. The molecule has 0 radical (unpaired) electrons. The van der Waals surface area contributed by atoms with Crippen LogP contribution in [0.5, 0.6) is 0 Å². The molecule has 0 bridgehead atoms. The molecule has 1 aromatic carbocycles. The van der Waals surface area contributed by atoms with Crippen LogP contribution in [0.1, 0.15) is 38.3 Å². The summed E-state index contributed by atoms with van der Waals surface area (Å²) in [6.07, 6.45) is 2.64. The average molecular weight is 413 g/mol. The summed E-state index contributed by atoms with van der Waals surface area (Å²) in [5.74, 6) is 0. The molecule has 2 aliphatic rings. The molecule has 3 nitrogen and oxygen atoms in total. The lowest BCUT2D eigenvalue weighted by Gasteiger charge is -2.46. The normalized spacial score (nSPS) is 27.0. The maximum atomic E-state index is 3.48. The minimum atomic E-state index is 0.516. The van der Waals surface area contributed by atoms with E-state index in [1.54, 1.807) is 0 Å². The van der Waals surface area contributed by atoms with Crippen molar-refractivity contribution in [2.45, 2.75) is 44.8 Å². The van der Waals surface area contributed by atoms with Crippen LogP contribution in [0.15, 0.2) is 24.3 Å². The predicted octanol–water partition coefficient (Wildman–Crippen LogP) is 3.11. The van der Waals surface area contributed by atoms with Gasteiger partial charge in [0.25, 0.3) is 0 Å². The minimum Gasteiger partial charge on any atom is -0.317 e. The molecule has 2 aliphatic heterocycles. The molecule has 0 saturated carbocycles. The first-order valence-corrected chi connectivity index (χ1v) is 9.69. The largest absolute Gasteiger partial charge is 0.317 e. The topological polar surface area (TPSA) is 18.5 Å². The number of piperidine rings is 1. The SMILES string of the molecule is C[C@H]1CN(C2CCNCC2)CCN1[C@@H](C)c1ccc(I)cc1. The van der Waals surface area contributed by atoms with Crippen LogP contribution in [0.3, 0.4) is 0 Å². The third kappa shape index (κ3) is 3.83. The van der Waals surface area contributed by atoms with Crippen LogP contribution in [0.25, 0.3) is 0 Å². The highest BCUT2D eigenvalue weighted by Gasteiger charge is 2.31. The lowest BCUT2D eigenvalue weighted by molar-refractivity contribution is 0.0243. The Morgan fingerprint density at radius 1 is 1.14 bits per heavy atom. The van der Waals surface area contributed by atoms with E-state index in [4.69, 9.17) is 0 Å². The lowest BCUT2D eigenvalue weighted by atomic mass is 10.00. The van der Waals surface area contributed by atoms with Gasteiger partial charge in [0, 0.05) is 41.3 Å². The highest BCUT2D eigenvalue weighted by molar-refractivity contribution is 14.1. The summed E-state index contributed by atoms with van der Waals surface area (Å²) in [6.45, 7) is 10.8. The Bertz CT molecular complexity index is 470. The number of rotatable bonds is 3. The van der Waals surface area contributed by atoms with Crippen LogP contribution >= 0.6 is 22.6 Å². The third-order valence-corrected chi connectivity index (χ3v) is 6.10. The molecule has 4 heteroatoms. The van der Waals surface area contributed by atoms with Crippen LogP contribution < -0.4 is 5.32 Å². The van der Waals surface area contributed by atoms with Crippen molar-refractivity contribution >= 4 is 22.6 Å². The molecule has 2 atom stereocenters. The minimum absolute atomic E-state index is 0.516. The molecular weight excluding hydrogens is 385 g/mol. The highest BCUT2D eigenvalue weighted by Crippen LogP contribution is 2.27. The first kappa shape index (κ1) is 16.7. The van der Waals surface area contributed by atoms with E-state index in [9.17, 15) is 0 Å². The van der Waals surface area contributed by atoms with Gasteiger partial charge in [-0.15, -0.1) is 0 Å². The van der Waals surface area contributed by atoms with Crippen molar-refractivity contribution in [1.29, 1.82) is 0 Å². The predicted molar refractivity (Wildman–Crippen MR) is 101 cm³/mol. The van der Waals surface area contributed by atoms with Crippen molar-refractivity contribution in [2.75, 3.05) is 32.7 Å². The number of hydrogen-bond donors (Lipinski definition) is 1. The Kier molecular flexibility index (Phi) is 5.76. The van der Waals surface area contributed by atoms with Gasteiger partial charge in [-0.2, -0.15) is 0 Å². The van der Waals surface area contributed by atoms with E-state index in [-0.39, 0.29) is 0 Å². The number of piperazine rings is 1. The number of halogens is 1. The molecule has 0 spiro atoms. The zero-order valence-electron chi connectivity index (χ0n) is 13.8. The van der Waals surface area contributed by atoms with E-state index in [2.05, 4.69) is 75.8 Å². The Morgan fingerprint density at radius 2 is 1.82 bits per heavy atom. The second-order valence-corrected chi connectivity index (χ2v) is 8.04. The van der Waals surface area contributed by atoms with Crippen LogP contribution in [0, 0.1) is 3.57 Å². The van der Waals surface area contributed by atoms with E-state index < -0.39 is 0 Å². The number of nitrogens with one attached hydrogen (secondary N) is 1. The molecule has 3 rings (SSSR count). The molecule has 22 heavy (non-hydrogen) atoms. The zero-order chi connectivity index (χ0) is 15.5. The smallest absolute Gasteiger partial charge is 0.0323 e. The zero-order valence-corrected chi connectivity index (χ0v) is 15.9. The summed E-state index contributed by atoms with van der Waals surface area (Å²) in [7, 11) is 0. The van der Waals surface area contributed by atoms with Crippen molar-refractivity contribution in [3.63, 3.8) is 0 Å².